The van der Waals surface area contributed by atoms with Gasteiger partial charge < -0.3 is 14.0 Å². The first-order valence-corrected chi connectivity index (χ1v) is 9.72. The van der Waals surface area contributed by atoms with Crippen LogP contribution in [-0.2, 0) is 7.05 Å². The summed E-state index contributed by atoms with van der Waals surface area (Å²) >= 11 is 0. The quantitative estimate of drug-likeness (QED) is 0.650. The summed E-state index contributed by atoms with van der Waals surface area (Å²) in [5.41, 5.74) is 3.04. The minimum Gasteiger partial charge on any atom is -0.486 e. The van der Waals surface area contributed by atoms with Gasteiger partial charge in [-0.3, -0.25) is 9.78 Å². The maximum atomic E-state index is 12.0. The Hall–Kier alpha value is -2.82. The summed E-state index contributed by atoms with van der Waals surface area (Å²) in [6.45, 7) is 9.57. The molecule has 0 bridgehead atoms. The molecule has 0 fully saturated rings. The molecule has 0 radical (unpaired) electrons. The standard InChI is InChI=1S/C13H15NO.C10H13NO2/c1-9(2)11-8-10-6-4-5-7-12(10)14(3)13(11)15;1-7(2)8-5-9-10(6-11-8)13-4-3-12-9/h4-9H,1-3H3;5-7H,3-4H2,1-2H3. The van der Waals surface area contributed by atoms with Gasteiger partial charge in [-0.1, -0.05) is 45.9 Å². The molecular formula is C23H28N2O3. The van der Waals surface area contributed by atoms with Gasteiger partial charge in [0.2, 0.25) is 0 Å². The molecule has 5 heteroatoms. The zero-order chi connectivity index (χ0) is 20.3. The van der Waals surface area contributed by atoms with E-state index in [1.54, 1.807) is 10.8 Å². The van der Waals surface area contributed by atoms with Crippen molar-refractivity contribution < 1.29 is 9.47 Å². The number of pyridine rings is 2. The number of hydrogen-bond acceptors (Lipinski definition) is 4. The lowest BCUT2D eigenvalue weighted by atomic mass is 10.0. The topological polar surface area (TPSA) is 53.4 Å². The van der Waals surface area contributed by atoms with Crippen molar-refractivity contribution in [3.8, 4) is 11.5 Å². The van der Waals surface area contributed by atoms with Crippen molar-refractivity contribution >= 4 is 10.9 Å². The third kappa shape index (κ3) is 4.19. The second kappa shape index (κ2) is 8.46. The molecule has 0 saturated heterocycles. The molecule has 0 unspecified atom stereocenters. The van der Waals surface area contributed by atoms with Gasteiger partial charge in [-0.05, 0) is 29.4 Å². The smallest absolute Gasteiger partial charge is 0.254 e. The van der Waals surface area contributed by atoms with Gasteiger partial charge in [0.15, 0.2) is 11.5 Å². The van der Waals surface area contributed by atoms with Gasteiger partial charge in [0.1, 0.15) is 13.2 Å². The molecular weight excluding hydrogens is 352 g/mol. The molecule has 0 N–H and O–H groups in total. The maximum absolute atomic E-state index is 12.0. The maximum Gasteiger partial charge on any atom is 0.254 e. The molecule has 148 valence electrons. The highest BCUT2D eigenvalue weighted by Gasteiger charge is 2.13. The molecule has 3 aromatic rings. The Labute approximate surface area is 165 Å². The van der Waals surface area contributed by atoms with Crippen molar-refractivity contribution in [2.75, 3.05) is 13.2 Å². The molecule has 5 nitrogen and oxygen atoms in total. The minimum atomic E-state index is 0.115. The predicted octanol–water partition coefficient (Wildman–Crippen LogP) is 4.64. The molecule has 4 rings (SSSR count). The van der Waals surface area contributed by atoms with E-state index in [1.165, 1.54) is 0 Å². The van der Waals surface area contributed by atoms with Gasteiger partial charge in [0.25, 0.3) is 5.56 Å². The van der Waals surface area contributed by atoms with Crippen molar-refractivity contribution in [2.45, 2.75) is 39.5 Å². The van der Waals surface area contributed by atoms with Gasteiger partial charge >= 0.3 is 0 Å². The van der Waals surface area contributed by atoms with Crippen molar-refractivity contribution in [3.05, 3.63) is 64.2 Å². The second-order valence-electron chi connectivity index (χ2n) is 7.58. The van der Waals surface area contributed by atoms with Gasteiger partial charge in [0.05, 0.1) is 11.7 Å². The van der Waals surface area contributed by atoms with Gasteiger partial charge in [-0.2, -0.15) is 0 Å². The summed E-state index contributed by atoms with van der Waals surface area (Å²) in [5.74, 6) is 2.28. The van der Waals surface area contributed by atoms with Crippen LogP contribution in [0, 0.1) is 0 Å². The predicted molar refractivity (Wildman–Crippen MR) is 113 cm³/mol. The largest absolute Gasteiger partial charge is 0.486 e. The van der Waals surface area contributed by atoms with Gasteiger partial charge in [0, 0.05) is 24.4 Å². The lowest BCUT2D eigenvalue weighted by Crippen LogP contribution is -2.21. The first-order valence-electron chi connectivity index (χ1n) is 9.72. The van der Waals surface area contributed by atoms with E-state index in [4.69, 9.17) is 9.47 Å². The van der Waals surface area contributed by atoms with E-state index < -0.39 is 0 Å². The van der Waals surface area contributed by atoms with Crippen molar-refractivity contribution in [1.29, 1.82) is 0 Å². The Morgan fingerprint density at radius 1 is 0.964 bits per heavy atom. The Morgan fingerprint density at radius 2 is 1.64 bits per heavy atom. The molecule has 1 aliphatic heterocycles. The average molecular weight is 380 g/mol. The van der Waals surface area contributed by atoms with E-state index in [2.05, 4.69) is 18.8 Å². The second-order valence-corrected chi connectivity index (χ2v) is 7.58. The van der Waals surface area contributed by atoms with E-state index in [0.29, 0.717) is 19.1 Å². The number of para-hydroxylation sites is 1. The number of hydrogen-bond donors (Lipinski definition) is 0. The van der Waals surface area contributed by atoms with E-state index in [0.717, 1.165) is 33.7 Å². The molecule has 0 aliphatic carbocycles. The van der Waals surface area contributed by atoms with Crippen molar-refractivity contribution in [3.63, 3.8) is 0 Å². The van der Waals surface area contributed by atoms with Crippen LogP contribution in [0.15, 0.2) is 47.4 Å². The number of aryl methyl sites for hydroxylation is 1. The number of fused-ring (bicyclic) bond motifs is 2. The van der Waals surface area contributed by atoms with Crippen LogP contribution in [0.25, 0.3) is 10.9 Å². The summed E-state index contributed by atoms with van der Waals surface area (Å²) in [7, 11) is 1.83. The summed E-state index contributed by atoms with van der Waals surface area (Å²) in [6.07, 6.45) is 1.74. The van der Waals surface area contributed by atoms with Crippen LogP contribution in [0.1, 0.15) is 50.8 Å². The number of rotatable bonds is 2. The lowest BCUT2D eigenvalue weighted by Gasteiger charge is -2.18. The van der Waals surface area contributed by atoms with Gasteiger partial charge in [-0.25, -0.2) is 0 Å². The zero-order valence-electron chi connectivity index (χ0n) is 17.2. The number of aromatic nitrogens is 2. The monoisotopic (exact) mass is 380 g/mol. The fourth-order valence-corrected chi connectivity index (χ4v) is 3.14. The van der Waals surface area contributed by atoms with E-state index >= 15 is 0 Å². The Morgan fingerprint density at radius 3 is 2.32 bits per heavy atom. The summed E-state index contributed by atoms with van der Waals surface area (Å²) in [5, 5.41) is 1.13. The number of benzene rings is 1. The summed E-state index contributed by atoms with van der Waals surface area (Å²) in [4.78, 5) is 16.3. The fraction of sp³-hybridized carbons (Fsp3) is 0.391. The number of nitrogens with zero attached hydrogens (tertiary/aromatic N) is 2. The van der Waals surface area contributed by atoms with E-state index in [1.807, 2.05) is 57.3 Å². The summed E-state index contributed by atoms with van der Waals surface area (Å²) in [6, 6.07) is 11.9. The highest BCUT2D eigenvalue weighted by atomic mass is 16.6. The Bertz CT molecular complexity index is 1020. The first kappa shape index (κ1) is 19.9. The zero-order valence-corrected chi connectivity index (χ0v) is 17.2. The molecule has 0 amide bonds. The first-order chi connectivity index (χ1) is 13.4. The molecule has 0 atom stereocenters. The minimum absolute atomic E-state index is 0.115. The van der Waals surface area contributed by atoms with Crippen LogP contribution in [0.4, 0.5) is 0 Å². The number of ether oxygens (including phenoxy) is 2. The SMILES string of the molecule is CC(C)c1cc2c(cn1)OCCO2.CC(C)c1cc2ccccc2n(C)c1=O. The van der Waals surface area contributed by atoms with Crippen molar-refractivity contribution in [2.24, 2.45) is 7.05 Å². The lowest BCUT2D eigenvalue weighted by molar-refractivity contribution is 0.170. The van der Waals surface area contributed by atoms with Crippen LogP contribution < -0.4 is 15.0 Å². The third-order valence-corrected chi connectivity index (χ3v) is 4.83. The Balaban J connectivity index is 0.000000162. The van der Waals surface area contributed by atoms with Crippen LogP contribution in [0.2, 0.25) is 0 Å². The van der Waals surface area contributed by atoms with Gasteiger partial charge in [-0.15, -0.1) is 0 Å². The molecule has 3 heterocycles. The average Bonchev–Trinajstić information content (AvgIpc) is 2.70. The molecule has 0 saturated carbocycles. The van der Waals surface area contributed by atoms with Crippen LogP contribution in [0.3, 0.4) is 0 Å². The normalized spacial score (nSPS) is 12.8. The molecule has 28 heavy (non-hydrogen) atoms. The molecule has 1 aromatic carbocycles. The van der Waals surface area contributed by atoms with Crippen LogP contribution in [0.5, 0.6) is 11.5 Å². The Kier molecular flexibility index (Phi) is 6.02. The summed E-state index contributed by atoms with van der Waals surface area (Å²) < 4.78 is 12.5. The van der Waals surface area contributed by atoms with Crippen molar-refractivity contribution in [1.82, 2.24) is 9.55 Å². The van der Waals surface area contributed by atoms with Crippen LogP contribution in [-0.4, -0.2) is 22.8 Å². The highest BCUT2D eigenvalue weighted by molar-refractivity contribution is 5.79. The molecule has 0 spiro atoms. The molecule has 1 aliphatic rings. The third-order valence-electron chi connectivity index (χ3n) is 4.83. The fourth-order valence-electron chi connectivity index (χ4n) is 3.14. The van der Waals surface area contributed by atoms with E-state index in [9.17, 15) is 4.79 Å². The highest BCUT2D eigenvalue weighted by Crippen LogP contribution is 2.31. The van der Waals surface area contributed by atoms with Crippen LogP contribution >= 0.6 is 0 Å². The van der Waals surface area contributed by atoms with E-state index in [-0.39, 0.29) is 11.5 Å². The molecule has 2 aromatic heterocycles.